The molecule has 0 bridgehead atoms. The van der Waals surface area contributed by atoms with Gasteiger partial charge in [0.2, 0.25) is 0 Å². The highest BCUT2D eigenvalue weighted by Gasteiger charge is 2.21. The molecule has 0 aromatic heterocycles. The second kappa shape index (κ2) is 5.33. The molecule has 0 radical (unpaired) electrons. The highest BCUT2D eigenvalue weighted by Crippen LogP contribution is 2.29. The number of hydrogen-bond donors (Lipinski definition) is 1. The Morgan fingerprint density at radius 1 is 1.45 bits per heavy atom. The Balaban J connectivity index is 2.27. The van der Waals surface area contributed by atoms with Gasteiger partial charge in [-0.2, -0.15) is 0 Å². The molecule has 0 saturated heterocycles. The van der Waals surface area contributed by atoms with E-state index in [1.165, 1.54) is 38.6 Å². The molecule has 0 aliphatic heterocycles. The topological polar surface area (TPSA) is 3.24 Å². The third kappa shape index (κ3) is 2.88. The number of nitrogens with zero attached hydrogens (tertiary/aromatic N) is 1. The van der Waals surface area contributed by atoms with Crippen LogP contribution < -0.4 is 0 Å². The van der Waals surface area contributed by atoms with E-state index in [-0.39, 0.29) is 0 Å². The van der Waals surface area contributed by atoms with Crippen LogP contribution in [-0.4, -0.2) is 16.9 Å². The lowest BCUT2D eigenvalue weighted by Gasteiger charge is -2.24. The molecule has 0 spiro atoms. The van der Waals surface area contributed by atoms with Crippen LogP contribution in [0.2, 0.25) is 0 Å². The summed E-state index contributed by atoms with van der Waals surface area (Å²) in [5, 5.41) is 0. The predicted molar refractivity (Wildman–Crippen MR) is 55.8 cm³/mol. The van der Waals surface area contributed by atoms with Gasteiger partial charge >= 0.3 is 0 Å². The van der Waals surface area contributed by atoms with Gasteiger partial charge in [-0.3, -0.25) is 0 Å². The first-order chi connectivity index (χ1) is 5.38. The summed E-state index contributed by atoms with van der Waals surface area (Å²) in [6.07, 6.45) is 6.84. The minimum Gasteiger partial charge on any atom is -0.238 e. The standard InChI is InChI=1S/C8H17NS2/c1-2-7-9(11-10)8-5-3-4-6-8/h8,10H,2-7H2,1H3. The maximum Gasteiger partial charge on any atom is 0.0210 e. The highest BCUT2D eigenvalue weighted by molar-refractivity contribution is 8.67. The maximum absolute atomic E-state index is 4.27. The van der Waals surface area contributed by atoms with Crippen molar-refractivity contribution >= 4 is 22.6 Å². The Kier molecular flexibility index (Phi) is 4.72. The first kappa shape index (κ1) is 9.75. The van der Waals surface area contributed by atoms with Gasteiger partial charge in [0.15, 0.2) is 0 Å². The average molecular weight is 191 g/mol. The van der Waals surface area contributed by atoms with E-state index in [2.05, 4.69) is 22.9 Å². The molecular weight excluding hydrogens is 174 g/mol. The van der Waals surface area contributed by atoms with E-state index in [1.54, 1.807) is 11.0 Å². The van der Waals surface area contributed by atoms with Crippen molar-refractivity contribution in [3.8, 4) is 0 Å². The van der Waals surface area contributed by atoms with Crippen LogP contribution >= 0.6 is 22.6 Å². The van der Waals surface area contributed by atoms with E-state index in [1.807, 2.05) is 0 Å². The van der Waals surface area contributed by atoms with Crippen molar-refractivity contribution in [3.05, 3.63) is 0 Å². The highest BCUT2D eigenvalue weighted by atomic mass is 33.1. The Morgan fingerprint density at radius 2 is 2.09 bits per heavy atom. The van der Waals surface area contributed by atoms with E-state index >= 15 is 0 Å². The van der Waals surface area contributed by atoms with E-state index < -0.39 is 0 Å². The quantitative estimate of drug-likeness (QED) is 0.413. The molecule has 0 aromatic carbocycles. The lowest BCUT2D eigenvalue weighted by molar-refractivity contribution is 0.360. The monoisotopic (exact) mass is 191 g/mol. The van der Waals surface area contributed by atoms with E-state index in [0.29, 0.717) is 0 Å². The Bertz CT molecular complexity index is 102. The molecule has 1 fully saturated rings. The Labute approximate surface area is 78.9 Å². The zero-order valence-corrected chi connectivity index (χ0v) is 8.83. The van der Waals surface area contributed by atoms with Crippen molar-refractivity contribution in [2.24, 2.45) is 0 Å². The average Bonchev–Trinajstić information content (AvgIpc) is 2.52. The van der Waals surface area contributed by atoms with Crippen LogP contribution in [-0.2, 0) is 0 Å². The van der Waals surface area contributed by atoms with Crippen LogP contribution in [0.4, 0.5) is 0 Å². The smallest absolute Gasteiger partial charge is 0.0210 e. The molecule has 1 rings (SSSR count). The minimum atomic E-state index is 0.817. The molecule has 1 nitrogen and oxygen atoms in total. The predicted octanol–water partition coefficient (Wildman–Crippen LogP) is 3.13. The molecule has 1 aliphatic rings. The number of thiol groups is 1. The maximum atomic E-state index is 4.27. The molecule has 1 saturated carbocycles. The zero-order chi connectivity index (χ0) is 8.10. The van der Waals surface area contributed by atoms with Gasteiger partial charge in [-0.25, -0.2) is 4.31 Å². The van der Waals surface area contributed by atoms with Crippen LogP contribution in [0.1, 0.15) is 39.0 Å². The third-order valence-corrected chi connectivity index (χ3v) is 3.60. The first-order valence-electron chi connectivity index (χ1n) is 4.46. The van der Waals surface area contributed by atoms with Crippen LogP contribution in [0.25, 0.3) is 0 Å². The van der Waals surface area contributed by atoms with Crippen LogP contribution in [0, 0.1) is 0 Å². The number of hydrogen-bond acceptors (Lipinski definition) is 3. The lowest BCUT2D eigenvalue weighted by atomic mass is 10.2. The van der Waals surface area contributed by atoms with Gasteiger partial charge in [-0.05, 0) is 30.2 Å². The number of rotatable bonds is 4. The summed E-state index contributed by atoms with van der Waals surface area (Å²) in [6.45, 7) is 3.42. The fourth-order valence-electron chi connectivity index (χ4n) is 1.70. The second-order valence-electron chi connectivity index (χ2n) is 3.16. The molecule has 0 N–H and O–H groups in total. The molecule has 11 heavy (non-hydrogen) atoms. The van der Waals surface area contributed by atoms with Gasteiger partial charge in [0.1, 0.15) is 0 Å². The van der Waals surface area contributed by atoms with Gasteiger partial charge in [0.25, 0.3) is 0 Å². The molecule has 0 unspecified atom stereocenters. The van der Waals surface area contributed by atoms with Crippen molar-refractivity contribution < 1.29 is 0 Å². The minimum absolute atomic E-state index is 0.817. The Hall–Kier alpha value is 0.660. The van der Waals surface area contributed by atoms with E-state index in [0.717, 1.165) is 6.04 Å². The summed E-state index contributed by atoms with van der Waals surface area (Å²) in [5.74, 6) is 0. The molecule has 3 heteroatoms. The third-order valence-electron chi connectivity index (χ3n) is 2.28. The molecule has 66 valence electrons. The van der Waals surface area contributed by atoms with E-state index in [4.69, 9.17) is 0 Å². The first-order valence-corrected chi connectivity index (χ1v) is 6.29. The van der Waals surface area contributed by atoms with E-state index in [9.17, 15) is 0 Å². The van der Waals surface area contributed by atoms with Gasteiger partial charge in [-0.15, -0.1) is 0 Å². The molecular formula is C8H17NS2. The van der Waals surface area contributed by atoms with Crippen molar-refractivity contribution in [2.75, 3.05) is 6.54 Å². The summed E-state index contributed by atoms with van der Waals surface area (Å²) in [5.41, 5.74) is 0. The molecule has 0 aromatic rings. The van der Waals surface area contributed by atoms with Gasteiger partial charge < -0.3 is 0 Å². The summed E-state index contributed by atoms with van der Waals surface area (Å²) in [4.78, 5) is 0. The van der Waals surface area contributed by atoms with Gasteiger partial charge in [0.05, 0.1) is 0 Å². The zero-order valence-electron chi connectivity index (χ0n) is 7.12. The molecule has 0 atom stereocenters. The van der Waals surface area contributed by atoms with Crippen molar-refractivity contribution in [1.82, 2.24) is 4.31 Å². The van der Waals surface area contributed by atoms with Gasteiger partial charge in [0, 0.05) is 12.6 Å². The molecule has 0 amide bonds. The summed E-state index contributed by atoms with van der Waals surface area (Å²) >= 11 is 4.27. The Morgan fingerprint density at radius 3 is 2.55 bits per heavy atom. The second-order valence-corrected chi connectivity index (χ2v) is 4.28. The fraction of sp³-hybridized carbons (Fsp3) is 1.00. The normalized spacial score (nSPS) is 19.9. The lowest BCUT2D eigenvalue weighted by Crippen LogP contribution is -2.26. The largest absolute Gasteiger partial charge is 0.238 e. The molecule has 0 heterocycles. The SMILES string of the molecule is CCCN(SS)C1CCCC1. The van der Waals surface area contributed by atoms with Crippen molar-refractivity contribution in [2.45, 2.75) is 45.1 Å². The summed E-state index contributed by atoms with van der Waals surface area (Å²) in [7, 11) is 1.62. The van der Waals surface area contributed by atoms with Crippen LogP contribution in [0.3, 0.4) is 0 Å². The van der Waals surface area contributed by atoms with Crippen LogP contribution in [0.15, 0.2) is 0 Å². The van der Waals surface area contributed by atoms with Gasteiger partial charge in [-0.1, -0.05) is 31.4 Å². The van der Waals surface area contributed by atoms with Crippen molar-refractivity contribution in [3.63, 3.8) is 0 Å². The summed E-state index contributed by atoms with van der Waals surface area (Å²) in [6, 6.07) is 0.817. The molecule has 1 aliphatic carbocycles. The van der Waals surface area contributed by atoms with Crippen molar-refractivity contribution in [1.29, 1.82) is 0 Å². The fourth-order valence-corrected chi connectivity index (χ4v) is 2.96. The summed E-state index contributed by atoms with van der Waals surface area (Å²) < 4.78 is 2.43. The van der Waals surface area contributed by atoms with Crippen LogP contribution in [0.5, 0.6) is 0 Å².